The Labute approximate surface area is 123 Å². The molecule has 2 aromatic carbocycles. The molecule has 0 radical (unpaired) electrons. The maximum absolute atomic E-state index is 11.1. The van der Waals surface area contributed by atoms with E-state index in [1.807, 2.05) is 54.6 Å². The topological polar surface area (TPSA) is 47.6 Å². The number of carbonyl (C=O) groups excluding carboxylic acids is 1. The van der Waals surface area contributed by atoms with Crippen molar-refractivity contribution >= 4 is 5.91 Å². The average Bonchev–Trinajstić information content (AvgIpc) is 2.55. The minimum absolute atomic E-state index is 0.0611. The Kier molecular flexibility index (Phi) is 4.17. The molecule has 0 saturated carbocycles. The van der Waals surface area contributed by atoms with Gasteiger partial charge in [-0.25, -0.2) is 0 Å². The van der Waals surface area contributed by atoms with Crippen molar-refractivity contribution in [1.29, 1.82) is 0 Å². The number of hydrogen-bond acceptors (Lipinski definition) is 3. The molecule has 1 saturated heterocycles. The summed E-state index contributed by atoms with van der Waals surface area (Å²) in [7, 11) is 0. The van der Waals surface area contributed by atoms with Crippen LogP contribution in [-0.2, 0) is 16.1 Å². The summed E-state index contributed by atoms with van der Waals surface area (Å²) in [5.41, 5.74) is 2.18. The Bertz CT molecular complexity index is 585. The second kappa shape index (κ2) is 6.41. The van der Waals surface area contributed by atoms with Gasteiger partial charge in [-0.15, -0.1) is 0 Å². The van der Waals surface area contributed by atoms with Gasteiger partial charge in [0.15, 0.2) is 0 Å². The Morgan fingerprint density at radius 1 is 1.10 bits per heavy atom. The van der Waals surface area contributed by atoms with E-state index in [1.165, 1.54) is 0 Å². The van der Waals surface area contributed by atoms with Crippen molar-refractivity contribution < 1.29 is 14.3 Å². The highest BCUT2D eigenvalue weighted by Crippen LogP contribution is 2.22. The Morgan fingerprint density at radius 3 is 2.52 bits per heavy atom. The number of amides is 1. The quantitative estimate of drug-likeness (QED) is 0.937. The van der Waals surface area contributed by atoms with E-state index in [0.29, 0.717) is 13.2 Å². The third kappa shape index (κ3) is 3.61. The molecule has 21 heavy (non-hydrogen) atoms. The number of nitrogens with one attached hydrogen (secondary N) is 1. The highest BCUT2D eigenvalue weighted by molar-refractivity contribution is 5.77. The molecule has 4 nitrogen and oxygen atoms in total. The molecule has 0 aliphatic carbocycles. The highest BCUT2D eigenvalue weighted by Gasteiger charge is 2.19. The molecule has 1 aliphatic rings. The fraction of sp³-hybridized carbons (Fsp3) is 0.235. The number of benzene rings is 2. The normalized spacial score (nSPS) is 18.1. The van der Waals surface area contributed by atoms with Gasteiger partial charge >= 0.3 is 0 Å². The van der Waals surface area contributed by atoms with Crippen molar-refractivity contribution in [3.05, 3.63) is 65.7 Å². The van der Waals surface area contributed by atoms with Crippen molar-refractivity contribution in [2.45, 2.75) is 12.7 Å². The van der Waals surface area contributed by atoms with Gasteiger partial charge in [0.2, 0.25) is 5.91 Å². The van der Waals surface area contributed by atoms with Gasteiger partial charge in [0.05, 0.1) is 0 Å². The Morgan fingerprint density at radius 2 is 1.86 bits per heavy atom. The highest BCUT2D eigenvalue weighted by atomic mass is 16.5. The monoisotopic (exact) mass is 283 g/mol. The zero-order valence-corrected chi connectivity index (χ0v) is 11.6. The molecule has 1 fully saturated rings. The first-order valence-electron chi connectivity index (χ1n) is 6.96. The average molecular weight is 283 g/mol. The molecule has 1 aliphatic heterocycles. The van der Waals surface area contributed by atoms with Gasteiger partial charge in [-0.2, -0.15) is 0 Å². The molecule has 1 unspecified atom stereocenters. The van der Waals surface area contributed by atoms with Crippen LogP contribution in [-0.4, -0.2) is 19.1 Å². The molecule has 0 aromatic heterocycles. The van der Waals surface area contributed by atoms with Crippen LogP contribution in [0.5, 0.6) is 5.75 Å². The maximum Gasteiger partial charge on any atom is 0.246 e. The van der Waals surface area contributed by atoms with Crippen molar-refractivity contribution in [1.82, 2.24) is 5.32 Å². The van der Waals surface area contributed by atoms with Crippen LogP contribution < -0.4 is 10.1 Å². The molecular weight excluding hydrogens is 266 g/mol. The molecule has 1 atom stereocenters. The standard InChI is InChI=1S/C17H17NO3/c19-17-12-21-16(10-18-17)14-6-8-15(9-7-14)20-11-13-4-2-1-3-5-13/h1-9,16H,10-12H2,(H,18,19). The molecule has 4 heteroatoms. The Hall–Kier alpha value is -2.33. The van der Waals surface area contributed by atoms with Crippen LogP contribution in [0.2, 0.25) is 0 Å². The molecule has 1 heterocycles. The number of carbonyl (C=O) groups is 1. The van der Waals surface area contributed by atoms with E-state index in [0.717, 1.165) is 16.9 Å². The third-order valence-electron chi connectivity index (χ3n) is 3.40. The van der Waals surface area contributed by atoms with Crippen molar-refractivity contribution in [3.8, 4) is 5.75 Å². The van der Waals surface area contributed by atoms with Crippen molar-refractivity contribution in [2.24, 2.45) is 0 Å². The molecular formula is C17H17NO3. The second-order valence-corrected chi connectivity index (χ2v) is 4.95. The summed E-state index contributed by atoms with van der Waals surface area (Å²) in [6, 6.07) is 17.9. The van der Waals surface area contributed by atoms with E-state index in [-0.39, 0.29) is 18.6 Å². The minimum Gasteiger partial charge on any atom is -0.489 e. The van der Waals surface area contributed by atoms with E-state index in [1.54, 1.807) is 0 Å². The van der Waals surface area contributed by atoms with Crippen molar-refractivity contribution in [3.63, 3.8) is 0 Å². The summed E-state index contributed by atoms with van der Waals surface area (Å²) in [5.74, 6) is 0.761. The zero-order valence-electron chi connectivity index (χ0n) is 11.6. The van der Waals surface area contributed by atoms with Crippen LogP contribution in [0.25, 0.3) is 0 Å². The summed E-state index contributed by atoms with van der Waals surface area (Å²) in [6.45, 7) is 1.19. The summed E-state index contributed by atoms with van der Waals surface area (Å²) in [6.07, 6.45) is -0.0779. The minimum atomic E-state index is -0.0779. The van der Waals surface area contributed by atoms with E-state index in [2.05, 4.69) is 5.32 Å². The van der Waals surface area contributed by atoms with Gasteiger partial charge in [0.1, 0.15) is 25.1 Å². The maximum atomic E-state index is 11.1. The van der Waals surface area contributed by atoms with Crippen molar-refractivity contribution in [2.75, 3.05) is 13.2 Å². The van der Waals surface area contributed by atoms with E-state index in [4.69, 9.17) is 9.47 Å². The van der Waals surface area contributed by atoms with Gasteiger partial charge in [-0.05, 0) is 23.3 Å². The predicted molar refractivity (Wildman–Crippen MR) is 78.9 cm³/mol. The summed E-state index contributed by atoms with van der Waals surface area (Å²) in [5, 5.41) is 2.80. The van der Waals surface area contributed by atoms with Crippen LogP contribution in [0.1, 0.15) is 17.2 Å². The fourth-order valence-electron chi connectivity index (χ4n) is 2.23. The first-order chi connectivity index (χ1) is 10.3. The summed E-state index contributed by atoms with van der Waals surface area (Å²) >= 11 is 0. The smallest absolute Gasteiger partial charge is 0.246 e. The molecule has 108 valence electrons. The van der Waals surface area contributed by atoms with Crippen LogP contribution in [0.15, 0.2) is 54.6 Å². The SMILES string of the molecule is O=C1COC(c2ccc(OCc3ccccc3)cc2)CN1. The lowest BCUT2D eigenvalue weighted by molar-refractivity contribution is -0.133. The van der Waals surface area contributed by atoms with E-state index < -0.39 is 0 Å². The molecule has 0 bridgehead atoms. The summed E-state index contributed by atoms with van der Waals surface area (Å²) < 4.78 is 11.2. The van der Waals surface area contributed by atoms with Gasteiger partial charge in [0.25, 0.3) is 0 Å². The fourth-order valence-corrected chi connectivity index (χ4v) is 2.23. The molecule has 0 spiro atoms. The number of morpholine rings is 1. The van der Waals surface area contributed by atoms with Crippen LogP contribution in [0, 0.1) is 0 Å². The lowest BCUT2D eigenvalue weighted by Gasteiger charge is -2.23. The van der Waals surface area contributed by atoms with Gasteiger partial charge in [0, 0.05) is 6.54 Å². The Balaban J connectivity index is 1.58. The van der Waals surface area contributed by atoms with Gasteiger partial charge < -0.3 is 14.8 Å². The lowest BCUT2D eigenvalue weighted by atomic mass is 10.1. The van der Waals surface area contributed by atoms with Crippen LogP contribution in [0.3, 0.4) is 0 Å². The van der Waals surface area contributed by atoms with Gasteiger partial charge in [-0.1, -0.05) is 42.5 Å². The first kappa shape index (κ1) is 13.6. The molecule has 1 N–H and O–H groups in total. The molecule has 3 rings (SSSR count). The second-order valence-electron chi connectivity index (χ2n) is 4.95. The molecule has 2 aromatic rings. The van der Waals surface area contributed by atoms with Crippen LogP contribution >= 0.6 is 0 Å². The van der Waals surface area contributed by atoms with Crippen LogP contribution in [0.4, 0.5) is 0 Å². The van der Waals surface area contributed by atoms with E-state index in [9.17, 15) is 4.79 Å². The predicted octanol–water partition coefficient (Wildman–Crippen LogP) is 2.45. The molecule has 1 amide bonds. The van der Waals surface area contributed by atoms with Gasteiger partial charge in [-0.3, -0.25) is 4.79 Å². The third-order valence-corrected chi connectivity index (χ3v) is 3.40. The lowest BCUT2D eigenvalue weighted by Crippen LogP contribution is -2.38. The first-order valence-corrected chi connectivity index (χ1v) is 6.96. The van der Waals surface area contributed by atoms with E-state index >= 15 is 0 Å². The number of rotatable bonds is 4. The number of hydrogen-bond donors (Lipinski definition) is 1. The largest absolute Gasteiger partial charge is 0.489 e. The zero-order chi connectivity index (χ0) is 14.5. The number of ether oxygens (including phenoxy) is 2. The summed E-state index contributed by atoms with van der Waals surface area (Å²) in [4.78, 5) is 11.1.